The Balaban J connectivity index is 2.28. The highest BCUT2D eigenvalue weighted by Gasteiger charge is 2.10. The Bertz CT molecular complexity index is 500. The summed E-state index contributed by atoms with van der Waals surface area (Å²) < 4.78 is 0. The second kappa shape index (κ2) is 4.56. The van der Waals surface area contributed by atoms with Crippen molar-refractivity contribution in [2.75, 3.05) is 0 Å². The van der Waals surface area contributed by atoms with Gasteiger partial charge in [-0.05, 0) is 29.8 Å². The van der Waals surface area contributed by atoms with Gasteiger partial charge in [-0.2, -0.15) is 5.26 Å². The lowest BCUT2D eigenvalue weighted by molar-refractivity contribution is 0.215. The van der Waals surface area contributed by atoms with Crippen molar-refractivity contribution in [1.82, 2.24) is 4.98 Å². The molecule has 1 atom stereocenters. The van der Waals surface area contributed by atoms with E-state index in [2.05, 4.69) is 4.98 Å². The predicted molar refractivity (Wildman–Crippen MR) is 59.5 cm³/mol. The summed E-state index contributed by atoms with van der Waals surface area (Å²) in [4.78, 5) is 4.08. The molecule has 3 heteroatoms. The van der Waals surface area contributed by atoms with Gasteiger partial charge in [0, 0.05) is 6.20 Å². The first kappa shape index (κ1) is 10.3. The van der Waals surface area contributed by atoms with Gasteiger partial charge in [-0.25, -0.2) is 0 Å². The van der Waals surface area contributed by atoms with E-state index in [1.54, 1.807) is 42.6 Å². The lowest BCUT2D eigenvalue weighted by Gasteiger charge is -2.09. The van der Waals surface area contributed by atoms with Gasteiger partial charge in [0.25, 0.3) is 0 Å². The number of aromatic nitrogens is 1. The normalized spacial score (nSPS) is 11.8. The van der Waals surface area contributed by atoms with E-state index in [1.165, 1.54) is 0 Å². The summed E-state index contributed by atoms with van der Waals surface area (Å²) in [6, 6.07) is 14.3. The van der Waals surface area contributed by atoms with E-state index in [1.807, 2.05) is 12.1 Å². The molecule has 2 aromatic rings. The van der Waals surface area contributed by atoms with Gasteiger partial charge in [0.2, 0.25) is 0 Å². The summed E-state index contributed by atoms with van der Waals surface area (Å²) in [6.07, 6.45) is 0.899. The molecule has 0 radical (unpaired) electrons. The van der Waals surface area contributed by atoms with Crippen LogP contribution in [0.1, 0.15) is 22.9 Å². The van der Waals surface area contributed by atoms with Gasteiger partial charge in [-0.1, -0.05) is 18.2 Å². The average Bonchev–Trinajstić information content (AvgIpc) is 2.39. The second-order valence-electron chi connectivity index (χ2n) is 3.39. The van der Waals surface area contributed by atoms with Crippen molar-refractivity contribution in [2.45, 2.75) is 6.10 Å². The maximum Gasteiger partial charge on any atom is 0.121 e. The van der Waals surface area contributed by atoms with E-state index in [4.69, 9.17) is 5.26 Å². The van der Waals surface area contributed by atoms with Crippen LogP contribution >= 0.6 is 0 Å². The SMILES string of the molecule is N#Cc1ccc(C(O)c2ccccn2)cc1. The number of hydrogen-bond acceptors (Lipinski definition) is 3. The fraction of sp³-hybridized carbons (Fsp3) is 0.0769. The Kier molecular flexibility index (Phi) is 2.95. The summed E-state index contributed by atoms with van der Waals surface area (Å²) >= 11 is 0. The molecule has 2 rings (SSSR count). The minimum Gasteiger partial charge on any atom is -0.382 e. The van der Waals surface area contributed by atoms with Gasteiger partial charge in [0.05, 0.1) is 17.3 Å². The molecule has 1 unspecified atom stereocenters. The fourth-order valence-electron chi connectivity index (χ4n) is 1.45. The molecule has 1 heterocycles. The quantitative estimate of drug-likeness (QED) is 0.825. The lowest BCUT2D eigenvalue weighted by Crippen LogP contribution is -2.01. The molecule has 0 bridgehead atoms. The number of nitrogens with zero attached hydrogens (tertiary/aromatic N) is 2. The summed E-state index contributed by atoms with van der Waals surface area (Å²) in [6.45, 7) is 0. The van der Waals surface area contributed by atoms with E-state index < -0.39 is 6.10 Å². The third-order valence-corrected chi connectivity index (χ3v) is 2.32. The third kappa shape index (κ3) is 2.08. The highest BCUT2D eigenvalue weighted by Crippen LogP contribution is 2.19. The highest BCUT2D eigenvalue weighted by molar-refractivity contribution is 5.34. The summed E-state index contributed by atoms with van der Waals surface area (Å²) in [7, 11) is 0. The molecule has 0 amide bonds. The molecule has 0 aliphatic carbocycles. The van der Waals surface area contributed by atoms with Gasteiger partial charge in [0.1, 0.15) is 6.10 Å². The summed E-state index contributed by atoms with van der Waals surface area (Å²) in [5.41, 5.74) is 1.92. The predicted octanol–water partition coefficient (Wildman–Crippen LogP) is 2.03. The first-order chi connectivity index (χ1) is 7.81. The first-order valence-electron chi connectivity index (χ1n) is 4.90. The number of aliphatic hydroxyl groups is 1. The van der Waals surface area contributed by atoms with Gasteiger partial charge in [-0.15, -0.1) is 0 Å². The minimum absolute atomic E-state index is 0.581. The fourth-order valence-corrected chi connectivity index (χ4v) is 1.45. The number of aliphatic hydroxyl groups excluding tert-OH is 1. The molecule has 16 heavy (non-hydrogen) atoms. The van der Waals surface area contributed by atoms with Crippen molar-refractivity contribution in [1.29, 1.82) is 5.26 Å². The van der Waals surface area contributed by atoms with Gasteiger partial charge < -0.3 is 5.11 Å². The van der Waals surface area contributed by atoms with Gasteiger partial charge in [-0.3, -0.25) is 4.98 Å². The van der Waals surface area contributed by atoms with E-state index in [0.29, 0.717) is 11.3 Å². The van der Waals surface area contributed by atoms with Crippen molar-refractivity contribution >= 4 is 0 Å². The van der Waals surface area contributed by atoms with Crippen molar-refractivity contribution in [3.05, 3.63) is 65.5 Å². The Hall–Kier alpha value is -2.18. The molecule has 0 spiro atoms. The largest absolute Gasteiger partial charge is 0.382 e. The van der Waals surface area contributed by atoms with Crippen LogP contribution in [0.25, 0.3) is 0 Å². The molecule has 0 aliphatic rings. The van der Waals surface area contributed by atoms with E-state index in [9.17, 15) is 5.11 Å². The number of benzene rings is 1. The Morgan fingerprint density at radius 2 is 1.88 bits per heavy atom. The number of pyridine rings is 1. The smallest absolute Gasteiger partial charge is 0.121 e. The highest BCUT2D eigenvalue weighted by atomic mass is 16.3. The molecule has 0 saturated heterocycles. The number of nitriles is 1. The topological polar surface area (TPSA) is 56.9 Å². The molecule has 3 nitrogen and oxygen atoms in total. The van der Waals surface area contributed by atoms with Gasteiger partial charge >= 0.3 is 0 Å². The number of hydrogen-bond donors (Lipinski definition) is 1. The Morgan fingerprint density at radius 1 is 1.12 bits per heavy atom. The Morgan fingerprint density at radius 3 is 2.44 bits per heavy atom. The maximum absolute atomic E-state index is 10.0. The van der Waals surface area contributed by atoms with Crippen molar-refractivity contribution in [3.8, 4) is 6.07 Å². The van der Waals surface area contributed by atoms with E-state index in [0.717, 1.165) is 5.56 Å². The van der Waals surface area contributed by atoms with E-state index in [-0.39, 0.29) is 0 Å². The van der Waals surface area contributed by atoms with Crippen LogP contribution in [-0.2, 0) is 0 Å². The zero-order valence-electron chi connectivity index (χ0n) is 8.54. The third-order valence-electron chi connectivity index (χ3n) is 2.32. The molecule has 0 saturated carbocycles. The van der Waals surface area contributed by atoms with Crippen LogP contribution in [0.4, 0.5) is 0 Å². The zero-order chi connectivity index (χ0) is 11.4. The van der Waals surface area contributed by atoms with Crippen LogP contribution in [0.2, 0.25) is 0 Å². The molecule has 1 aromatic heterocycles. The molecule has 1 aromatic carbocycles. The van der Waals surface area contributed by atoms with Crippen LogP contribution in [0.15, 0.2) is 48.7 Å². The maximum atomic E-state index is 10.0. The molecular formula is C13H10N2O. The van der Waals surface area contributed by atoms with Crippen molar-refractivity contribution in [2.24, 2.45) is 0 Å². The molecule has 0 aliphatic heterocycles. The van der Waals surface area contributed by atoms with Crippen LogP contribution in [0.5, 0.6) is 0 Å². The monoisotopic (exact) mass is 210 g/mol. The number of rotatable bonds is 2. The van der Waals surface area contributed by atoms with Crippen LogP contribution in [-0.4, -0.2) is 10.1 Å². The van der Waals surface area contributed by atoms with Crippen LogP contribution < -0.4 is 0 Å². The second-order valence-corrected chi connectivity index (χ2v) is 3.39. The lowest BCUT2D eigenvalue weighted by atomic mass is 10.0. The molecule has 1 N–H and O–H groups in total. The minimum atomic E-state index is -0.742. The summed E-state index contributed by atoms with van der Waals surface area (Å²) in [5, 5.41) is 18.7. The van der Waals surface area contributed by atoms with Crippen LogP contribution in [0.3, 0.4) is 0 Å². The van der Waals surface area contributed by atoms with Crippen LogP contribution in [0, 0.1) is 11.3 Å². The first-order valence-corrected chi connectivity index (χ1v) is 4.90. The molecule has 78 valence electrons. The van der Waals surface area contributed by atoms with Gasteiger partial charge in [0.15, 0.2) is 0 Å². The Labute approximate surface area is 93.6 Å². The molecule has 0 fully saturated rings. The molecular weight excluding hydrogens is 200 g/mol. The average molecular weight is 210 g/mol. The standard InChI is InChI=1S/C13H10N2O/c14-9-10-4-6-11(7-5-10)13(16)12-3-1-2-8-15-12/h1-8,13,16H. The van der Waals surface area contributed by atoms with Crippen molar-refractivity contribution < 1.29 is 5.11 Å². The van der Waals surface area contributed by atoms with E-state index >= 15 is 0 Å². The summed E-state index contributed by atoms with van der Waals surface area (Å²) in [5.74, 6) is 0. The zero-order valence-corrected chi connectivity index (χ0v) is 8.54. The van der Waals surface area contributed by atoms with Crippen molar-refractivity contribution in [3.63, 3.8) is 0 Å².